The Bertz CT molecular complexity index is 919. The molecule has 0 fully saturated rings. The van der Waals surface area contributed by atoms with Gasteiger partial charge in [0.05, 0.1) is 45.8 Å². The molecule has 0 aliphatic carbocycles. The van der Waals surface area contributed by atoms with Crippen molar-refractivity contribution in [2.45, 2.75) is 6.92 Å². The van der Waals surface area contributed by atoms with Crippen LogP contribution in [0, 0.1) is 11.3 Å². The average Bonchev–Trinajstić information content (AvgIpc) is 2.70. The molecule has 1 amide bonds. The van der Waals surface area contributed by atoms with Crippen LogP contribution in [-0.4, -0.2) is 34.3 Å². The number of nitrogens with zero attached hydrogens (tertiary/aromatic N) is 1. The van der Waals surface area contributed by atoms with Crippen LogP contribution in [0.5, 0.6) is 23.0 Å². The lowest BCUT2D eigenvalue weighted by atomic mass is 10.0. The molecule has 0 aliphatic heterocycles. The van der Waals surface area contributed by atoms with Crippen molar-refractivity contribution in [3.05, 3.63) is 41.5 Å². The second-order valence-corrected chi connectivity index (χ2v) is 5.72. The maximum Gasteiger partial charge on any atom is 0.221 e. The standard InChI is InChI=1S/C21H22N2O5/c1-13(24)23-17-9-14(6-7-18(17)25-2)8-16(12-22)15-10-19(26-3)21(28-5)20(11-15)27-4/h6-11H,1-5H3,(H,23,24)/b16-8+. The Morgan fingerprint density at radius 2 is 1.57 bits per heavy atom. The molecular weight excluding hydrogens is 360 g/mol. The van der Waals surface area contributed by atoms with Crippen LogP contribution >= 0.6 is 0 Å². The van der Waals surface area contributed by atoms with Crippen LogP contribution in [0.2, 0.25) is 0 Å². The lowest BCUT2D eigenvalue weighted by Crippen LogP contribution is -2.07. The number of rotatable bonds is 7. The topological polar surface area (TPSA) is 89.8 Å². The van der Waals surface area contributed by atoms with E-state index in [4.69, 9.17) is 18.9 Å². The lowest BCUT2D eigenvalue weighted by Gasteiger charge is -2.14. The number of carbonyl (C=O) groups excluding carboxylic acids is 1. The van der Waals surface area contributed by atoms with Gasteiger partial charge in [-0.25, -0.2) is 0 Å². The Morgan fingerprint density at radius 1 is 0.964 bits per heavy atom. The van der Waals surface area contributed by atoms with E-state index in [-0.39, 0.29) is 5.91 Å². The number of allylic oxidation sites excluding steroid dienone is 1. The third-order valence-electron chi connectivity index (χ3n) is 3.94. The molecule has 28 heavy (non-hydrogen) atoms. The number of nitrogens with one attached hydrogen (secondary N) is 1. The fraction of sp³-hybridized carbons (Fsp3) is 0.238. The van der Waals surface area contributed by atoms with Gasteiger partial charge in [-0.3, -0.25) is 4.79 Å². The molecular formula is C21H22N2O5. The minimum atomic E-state index is -0.218. The Labute approximate surface area is 164 Å². The highest BCUT2D eigenvalue weighted by molar-refractivity contribution is 5.94. The molecule has 0 spiro atoms. The zero-order valence-corrected chi connectivity index (χ0v) is 16.5. The molecule has 0 aromatic heterocycles. The van der Waals surface area contributed by atoms with E-state index in [1.807, 2.05) is 0 Å². The van der Waals surface area contributed by atoms with Gasteiger partial charge in [0, 0.05) is 6.92 Å². The van der Waals surface area contributed by atoms with E-state index in [1.165, 1.54) is 35.4 Å². The average molecular weight is 382 g/mol. The number of carbonyl (C=O) groups is 1. The van der Waals surface area contributed by atoms with Crippen LogP contribution in [0.15, 0.2) is 30.3 Å². The van der Waals surface area contributed by atoms with Gasteiger partial charge in [-0.2, -0.15) is 5.26 Å². The highest BCUT2D eigenvalue weighted by atomic mass is 16.5. The van der Waals surface area contributed by atoms with Gasteiger partial charge in [-0.1, -0.05) is 6.07 Å². The zero-order chi connectivity index (χ0) is 20.7. The highest BCUT2D eigenvalue weighted by Gasteiger charge is 2.15. The summed E-state index contributed by atoms with van der Waals surface area (Å²) in [5.41, 5.74) is 2.23. The minimum absolute atomic E-state index is 0.218. The summed E-state index contributed by atoms with van der Waals surface area (Å²) in [6, 6.07) is 10.8. The number of hydrogen-bond donors (Lipinski definition) is 1. The molecule has 146 valence electrons. The van der Waals surface area contributed by atoms with E-state index in [2.05, 4.69) is 11.4 Å². The molecule has 7 nitrogen and oxygen atoms in total. The number of nitriles is 1. The minimum Gasteiger partial charge on any atom is -0.495 e. The van der Waals surface area contributed by atoms with Gasteiger partial charge in [0.25, 0.3) is 0 Å². The van der Waals surface area contributed by atoms with E-state index in [9.17, 15) is 10.1 Å². The van der Waals surface area contributed by atoms with Crippen molar-refractivity contribution in [3.8, 4) is 29.1 Å². The molecule has 0 aliphatic rings. The van der Waals surface area contributed by atoms with Gasteiger partial charge in [-0.05, 0) is 41.5 Å². The van der Waals surface area contributed by atoms with E-state index >= 15 is 0 Å². The van der Waals surface area contributed by atoms with Gasteiger partial charge in [-0.15, -0.1) is 0 Å². The molecule has 1 N–H and O–H groups in total. The predicted molar refractivity (Wildman–Crippen MR) is 107 cm³/mol. The van der Waals surface area contributed by atoms with Crippen LogP contribution in [0.1, 0.15) is 18.1 Å². The first-order valence-electron chi connectivity index (χ1n) is 8.35. The van der Waals surface area contributed by atoms with Crippen LogP contribution in [0.25, 0.3) is 11.6 Å². The summed E-state index contributed by atoms with van der Waals surface area (Å²) < 4.78 is 21.3. The zero-order valence-electron chi connectivity index (χ0n) is 16.5. The summed E-state index contributed by atoms with van der Waals surface area (Å²) in [5, 5.41) is 12.4. The Kier molecular flexibility index (Phi) is 6.88. The largest absolute Gasteiger partial charge is 0.495 e. The van der Waals surface area contributed by atoms with Crippen molar-refractivity contribution in [3.63, 3.8) is 0 Å². The van der Waals surface area contributed by atoms with Crippen molar-refractivity contribution < 1.29 is 23.7 Å². The SMILES string of the molecule is COc1ccc(/C=C(\C#N)c2cc(OC)c(OC)c(OC)c2)cc1NC(C)=O. The number of amides is 1. The number of ether oxygens (including phenoxy) is 4. The van der Waals surface area contributed by atoms with Gasteiger partial charge >= 0.3 is 0 Å². The molecule has 2 rings (SSSR count). The van der Waals surface area contributed by atoms with Crippen LogP contribution in [0.4, 0.5) is 5.69 Å². The second kappa shape index (κ2) is 9.33. The van der Waals surface area contributed by atoms with E-state index in [1.54, 1.807) is 36.4 Å². The number of methoxy groups -OCH3 is 4. The van der Waals surface area contributed by atoms with E-state index in [0.717, 1.165) is 5.56 Å². The first-order valence-corrected chi connectivity index (χ1v) is 8.35. The Balaban J connectivity index is 2.55. The van der Waals surface area contributed by atoms with Crippen molar-refractivity contribution >= 4 is 23.2 Å². The summed E-state index contributed by atoms with van der Waals surface area (Å²) in [5.74, 6) is 1.66. The van der Waals surface area contributed by atoms with Crippen LogP contribution in [0.3, 0.4) is 0 Å². The molecule has 2 aromatic carbocycles. The molecule has 0 saturated heterocycles. The smallest absolute Gasteiger partial charge is 0.221 e. The summed E-state index contributed by atoms with van der Waals surface area (Å²) in [7, 11) is 6.06. The van der Waals surface area contributed by atoms with Crippen molar-refractivity contribution in [2.75, 3.05) is 33.8 Å². The normalized spacial score (nSPS) is 10.6. The lowest BCUT2D eigenvalue weighted by molar-refractivity contribution is -0.114. The van der Waals surface area contributed by atoms with Gasteiger partial charge < -0.3 is 24.3 Å². The van der Waals surface area contributed by atoms with E-state index < -0.39 is 0 Å². The van der Waals surface area contributed by atoms with Crippen LogP contribution in [-0.2, 0) is 4.79 Å². The molecule has 0 atom stereocenters. The molecule has 0 bridgehead atoms. The Hall–Kier alpha value is -3.66. The molecule has 0 saturated carbocycles. The van der Waals surface area contributed by atoms with Crippen LogP contribution < -0.4 is 24.3 Å². The molecule has 7 heteroatoms. The van der Waals surface area contributed by atoms with Crippen molar-refractivity contribution in [1.82, 2.24) is 0 Å². The summed E-state index contributed by atoms with van der Waals surface area (Å²) >= 11 is 0. The number of anilines is 1. The highest BCUT2D eigenvalue weighted by Crippen LogP contribution is 2.40. The quantitative estimate of drug-likeness (QED) is 0.579. The fourth-order valence-corrected chi connectivity index (χ4v) is 2.69. The van der Waals surface area contributed by atoms with E-state index in [0.29, 0.717) is 39.8 Å². The first-order chi connectivity index (χ1) is 13.5. The molecule has 0 heterocycles. The van der Waals surface area contributed by atoms with Crippen molar-refractivity contribution in [1.29, 1.82) is 5.26 Å². The maximum atomic E-state index is 11.4. The number of benzene rings is 2. The summed E-state index contributed by atoms with van der Waals surface area (Å²) in [6.45, 7) is 1.42. The second-order valence-electron chi connectivity index (χ2n) is 5.72. The first kappa shape index (κ1) is 20.6. The van der Waals surface area contributed by atoms with Gasteiger partial charge in [0.2, 0.25) is 11.7 Å². The third kappa shape index (κ3) is 4.54. The molecule has 0 unspecified atom stereocenters. The van der Waals surface area contributed by atoms with Gasteiger partial charge in [0.15, 0.2) is 11.5 Å². The van der Waals surface area contributed by atoms with Gasteiger partial charge in [0.1, 0.15) is 5.75 Å². The summed E-state index contributed by atoms with van der Waals surface area (Å²) in [4.78, 5) is 11.4. The fourth-order valence-electron chi connectivity index (χ4n) is 2.69. The Morgan fingerprint density at radius 3 is 2.04 bits per heavy atom. The molecule has 2 aromatic rings. The molecule has 0 radical (unpaired) electrons. The number of hydrogen-bond acceptors (Lipinski definition) is 6. The van der Waals surface area contributed by atoms with Crippen molar-refractivity contribution in [2.24, 2.45) is 0 Å². The maximum absolute atomic E-state index is 11.4. The summed E-state index contributed by atoms with van der Waals surface area (Å²) in [6.07, 6.45) is 1.70. The monoisotopic (exact) mass is 382 g/mol. The third-order valence-corrected chi connectivity index (χ3v) is 3.94. The predicted octanol–water partition coefficient (Wildman–Crippen LogP) is 3.74.